The maximum absolute atomic E-state index is 12.0. The molecule has 7 heteroatoms. The molecule has 152 valence electrons. The van der Waals surface area contributed by atoms with Crippen molar-refractivity contribution >= 4 is 35.3 Å². The number of hydrazone groups is 1. The summed E-state index contributed by atoms with van der Waals surface area (Å²) in [4.78, 5) is 23.9. The molecule has 6 nitrogen and oxygen atoms in total. The standard InChI is InChI=1S/C23H20ClN3O3/c1-16-10-11-19(13-21(16)24)26-22(28)23(29)27-25-14-18-8-5-9-20(12-18)30-15-17-6-3-2-4-7-17/h2-14H,15H2,1H3,(H,26,28)(H,27,29). The highest BCUT2D eigenvalue weighted by molar-refractivity contribution is 6.39. The Morgan fingerprint density at radius 1 is 1.00 bits per heavy atom. The summed E-state index contributed by atoms with van der Waals surface area (Å²) in [6.45, 7) is 2.29. The van der Waals surface area contributed by atoms with Crippen molar-refractivity contribution in [3.05, 3.63) is 94.5 Å². The van der Waals surface area contributed by atoms with Crippen LogP contribution in [0.15, 0.2) is 77.9 Å². The van der Waals surface area contributed by atoms with Crippen molar-refractivity contribution in [2.75, 3.05) is 5.32 Å². The molecule has 0 bridgehead atoms. The highest BCUT2D eigenvalue weighted by Gasteiger charge is 2.13. The largest absolute Gasteiger partial charge is 0.489 e. The molecule has 30 heavy (non-hydrogen) atoms. The van der Waals surface area contributed by atoms with Gasteiger partial charge in [-0.1, -0.05) is 60.1 Å². The Balaban J connectivity index is 1.52. The fourth-order valence-electron chi connectivity index (χ4n) is 2.50. The van der Waals surface area contributed by atoms with E-state index in [1.54, 1.807) is 30.3 Å². The molecule has 3 rings (SSSR count). The van der Waals surface area contributed by atoms with E-state index in [1.165, 1.54) is 6.21 Å². The predicted molar refractivity (Wildman–Crippen MR) is 118 cm³/mol. The fraction of sp³-hybridized carbons (Fsp3) is 0.0870. The van der Waals surface area contributed by atoms with E-state index < -0.39 is 11.8 Å². The lowest BCUT2D eigenvalue weighted by atomic mass is 10.2. The average molecular weight is 422 g/mol. The van der Waals surface area contributed by atoms with Crippen LogP contribution in [-0.2, 0) is 16.2 Å². The van der Waals surface area contributed by atoms with Crippen LogP contribution in [0.4, 0.5) is 5.69 Å². The number of anilines is 1. The van der Waals surface area contributed by atoms with Gasteiger partial charge in [0.05, 0.1) is 6.21 Å². The zero-order chi connectivity index (χ0) is 21.3. The molecule has 0 fully saturated rings. The Hall–Kier alpha value is -3.64. The molecule has 0 aromatic heterocycles. The Bertz CT molecular complexity index is 1070. The smallest absolute Gasteiger partial charge is 0.329 e. The minimum absolute atomic E-state index is 0.429. The third-order valence-corrected chi connectivity index (χ3v) is 4.53. The maximum atomic E-state index is 12.0. The van der Waals surface area contributed by atoms with Crippen LogP contribution in [-0.4, -0.2) is 18.0 Å². The van der Waals surface area contributed by atoms with Crippen molar-refractivity contribution in [1.82, 2.24) is 5.43 Å². The maximum Gasteiger partial charge on any atom is 0.329 e. The van der Waals surface area contributed by atoms with E-state index in [2.05, 4.69) is 15.8 Å². The fourth-order valence-corrected chi connectivity index (χ4v) is 2.68. The molecule has 0 heterocycles. The first-order valence-electron chi connectivity index (χ1n) is 9.18. The number of hydrogen-bond donors (Lipinski definition) is 2. The number of amides is 2. The van der Waals surface area contributed by atoms with E-state index in [9.17, 15) is 9.59 Å². The average Bonchev–Trinajstić information content (AvgIpc) is 2.76. The van der Waals surface area contributed by atoms with Gasteiger partial charge in [0.2, 0.25) is 0 Å². The van der Waals surface area contributed by atoms with Gasteiger partial charge in [0.25, 0.3) is 0 Å². The van der Waals surface area contributed by atoms with Crippen molar-refractivity contribution in [1.29, 1.82) is 0 Å². The van der Waals surface area contributed by atoms with Crippen LogP contribution in [0.1, 0.15) is 16.7 Å². The lowest BCUT2D eigenvalue weighted by molar-refractivity contribution is -0.136. The molecule has 0 aliphatic rings. The number of carbonyl (C=O) groups excluding carboxylic acids is 2. The highest BCUT2D eigenvalue weighted by Crippen LogP contribution is 2.19. The van der Waals surface area contributed by atoms with Crippen LogP contribution in [0.25, 0.3) is 0 Å². The first-order valence-corrected chi connectivity index (χ1v) is 9.56. The molecule has 0 spiro atoms. The number of nitrogens with one attached hydrogen (secondary N) is 2. The van der Waals surface area contributed by atoms with E-state index in [1.807, 2.05) is 49.4 Å². The second-order valence-electron chi connectivity index (χ2n) is 6.46. The summed E-state index contributed by atoms with van der Waals surface area (Å²) in [6.07, 6.45) is 1.43. The van der Waals surface area contributed by atoms with Gasteiger partial charge >= 0.3 is 11.8 Å². The van der Waals surface area contributed by atoms with Gasteiger partial charge in [-0.25, -0.2) is 5.43 Å². The monoisotopic (exact) mass is 421 g/mol. The van der Waals surface area contributed by atoms with Gasteiger partial charge in [-0.15, -0.1) is 0 Å². The van der Waals surface area contributed by atoms with Gasteiger partial charge in [-0.3, -0.25) is 9.59 Å². The molecular formula is C23H20ClN3O3. The number of carbonyl (C=O) groups is 2. The normalized spacial score (nSPS) is 10.6. The second kappa shape index (κ2) is 10.2. The molecule has 2 amide bonds. The summed E-state index contributed by atoms with van der Waals surface area (Å²) in [5.41, 5.74) is 5.28. The summed E-state index contributed by atoms with van der Waals surface area (Å²) >= 11 is 6.01. The van der Waals surface area contributed by atoms with Gasteiger partial charge in [0.15, 0.2) is 0 Å². The van der Waals surface area contributed by atoms with Gasteiger partial charge < -0.3 is 10.1 Å². The molecule has 0 saturated heterocycles. The van der Waals surface area contributed by atoms with Crippen molar-refractivity contribution in [3.8, 4) is 5.75 Å². The topological polar surface area (TPSA) is 79.8 Å². The molecule has 3 aromatic carbocycles. The molecule has 0 aliphatic heterocycles. The molecule has 2 N–H and O–H groups in total. The van der Waals surface area contributed by atoms with E-state index in [0.29, 0.717) is 28.6 Å². The van der Waals surface area contributed by atoms with Crippen molar-refractivity contribution in [2.45, 2.75) is 13.5 Å². The van der Waals surface area contributed by atoms with Crippen molar-refractivity contribution in [3.63, 3.8) is 0 Å². The third kappa shape index (κ3) is 6.18. The SMILES string of the molecule is Cc1ccc(NC(=O)C(=O)NN=Cc2cccc(OCc3ccccc3)c2)cc1Cl. The Kier molecular flexibility index (Phi) is 7.19. The first-order chi connectivity index (χ1) is 14.5. The summed E-state index contributed by atoms with van der Waals surface area (Å²) in [5, 5.41) is 6.80. The number of aryl methyl sites for hydroxylation is 1. The van der Waals surface area contributed by atoms with Crippen LogP contribution >= 0.6 is 11.6 Å². The zero-order valence-corrected chi connectivity index (χ0v) is 17.0. The van der Waals surface area contributed by atoms with Crippen LogP contribution in [0.5, 0.6) is 5.75 Å². The highest BCUT2D eigenvalue weighted by atomic mass is 35.5. The molecule has 3 aromatic rings. The zero-order valence-electron chi connectivity index (χ0n) is 16.3. The molecule has 0 saturated carbocycles. The summed E-state index contributed by atoms with van der Waals surface area (Å²) in [7, 11) is 0. The van der Waals surface area contributed by atoms with E-state index in [4.69, 9.17) is 16.3 Å². The molecule has 0 unspecified atom stereocenters. The Labute approximate surface area is 179 Å². The van der Waals surface area contributed by atoms with E-state index in [0.717, 1.165) is 11.1 Å². The third-order valence-electron chi connectivity index (χ3n) is 4.12. The summed E-state index contributed by atoms with van der Waals surface area (Å²) in [6, 6.07) is 22.0. The second-order valence-corrected chi connectivity index (χ2v) is 6.87. The Morgan fingerprint density at radius 3 is 2.57 bits per heavy atom. The van der Waals surface area contributed by atoms with Gasteiger partial charge in [0.1, 0.15) is 12.4 Å². The molecule has 0 radical (unpaired) electrons. The molecule has 0 aliphatic carbocycles. The lowest BCUT2D eigenvalue weighted by Gasteiger charge is -2.07. The van der Waals surface area contributed by atoms with Crippen LogP contribution < -0.4 is 15.5 Å². The first kappa shape index (κ1) is 21.1. The van der Waals surface area contributed by atoms with Crippen molar-refractivity contribution < 1.29 is 14.3 Å². The minimum Gasteiger partial charge on any atom is -0.489 e. The van der Waals surface area contributed by atoms with Gasteiger partial charge in [-0.05, 0) is 47.9 Å². The summed E-state index contributed by atoms with van der Waals surface area (Å²) < 4.78 is 5.76. The quantitative estimate of drug-likeness (QED) is 0.353. The Morgan fingerprint density at radius 2 is 1.80 bits per heavy atom. The van der Waals surface area contributed by atoms with Gasteiger partial charge in [0, 0.05) is 10.7 Å². The van der Waals surface area contributed by atoms with Crippen LogP contribution in [0, 0.1) is 6.92 Å². The number of ether oxygens (including phenoxy) is 1. The number of benzene rings is 3. The number of nitrogens with zero attached hydrogens (tertiary/aromatic N) is 1. The molecule has 0 atom stereocenters. The number of halogens is 1. The van der Waals surface area contributed by atoms with E-state index in [-0.39, 0.29) is 0 Å². The van der Waals surface area contributed by atoms with E-state index >= 15 is 0 Å². The van der Waals surface area contributed by atoms with Crippen molar-refractivity contribution in [2.24, 2.45) is 5.10 Å². The lowest BCUT2D eigenvalue weighted by Crippen LogP contribution is -2.32. The van der Waals surface area contributed by atoms with Crippen LogP contribution in [0.3, 0.4) is 0 Å². The number of rotatable bonds is 6. The summed E-state index contributed by atoms with van der Waals surface area (Å²) in [5.74, 6) is -1.06. The predicted octanol–water partition coefficient (Wildman–Crippen LogP) is 4.32. The van der Waals surface area contributed by atoms with Gasteiger partial charge in [-0.2, -0.15) is 5.10 Å². The molecular weight excluding hydrogens is 402 g/mol. The minimum atomic E-state index is -0.889. The van der Waals surface area contributed by atoms with Crippen LogP contribution in [0.2, 0.25) is 5.02 Å². The number of hydrogen-bond acceptors (Lipinski definition) is 4.